The maximum atomic E-state index is 12.2. The Hall–Kier alpha value is -1.31. The van der Waals surface area contributed by atoms with Gasteiger partial charge in [-0.1, -0.05) is 0 Å². The van der Waals surface area contributed by atoms with Crippen LogP contribution in [0.1, 0.15) is 21.7 Å². The van der Waals surface area contributed by atoms with Crippen molar-refractivity contribution in [3.8, 4) is 0 Å². The minimum absolute atomic E-state index is 0.141. The van der Waals surface area contributed by atoms with Crippen molar-refractivity contribution >= 4 is 44.9 Å². The van der Waals surface area contributed by atoms with E-state index in [1.807, 2.05) is 13.0 Å². The van der Waals surface area contributed by atoms with Gasteiger partial charge in [0.25, 0.3) is 5.91 Å². The van der Waals surface area contributed by atoms with E-state index < -0.39 is 0 Å². The predicted molar refractivity (Wildman–Crippen MR) is 90.1 cm³/mol. The molecule has 0 aliphatic heterocycles. The second-order valence-electron chi connectivity index (χ2n) is 4.60. The van der Waals surface area contributed by atoms with Gasteiger partial charge in [-0.15, -0.1) is 11.3 Å². The number of fused-ring (bicyclic) bond motifs is 1. The van der Waals surface area contributed by atoms with Crippen LogP contribution in [0.2, 0.25) is 0 Å². The number of nitrogens with two attached hydrogens (primary N) is 1. The van der Waals surface area contributed by atoms with Crippen LogP contribution in [0, 0.1) is 6.92 Å². The largest absolute Gasteiger partial charge is 0.397 e. The first-order valence-electron chi connectivity index (χ1n) is 6.75. The number of nitrogen functional groups attached to an aromatic ring is 1. The van der Waals surface area contributed by atoms with E-state index in [1.54, 1.807) is 18.0 Å². The van der Waals surface area contributed by atoms with Crippen LogP contribution in [0.25, 0.3) is 10.2 Å². The van der Waals surface area contributed by atoms with Crippen molar-refractivity contribution in [2.45, 2.75) is 13.3 Å². The lowest BCUT2D eigenvalue weighted by Gasteiger charge is -2.04. The van der Waals surface area contributed by atoms with Gasteiger partial charge in [0, 0.05) is 30.5 Å². The summed E-state index contributed by atoms with van der Waals surface area (Å²) in [5.74, 6) is 1.59. The molecule has 0 unspecified atom stereocenters. The van der Waals surface area contributed by atoms with E-state index in [9.17, 15) is 4.79 Å². The summed E-state index contributed by atoms with van der Waals surface area (Å²) in [5, 5.41) is 12.4. The molecule has 0 radical (unpaired) electrons. The highest BCUT2D eigenvalue weighted by Gasteiger charge is 2.17. The smallest absolute Gasteiger partial charge is 0.263 e. The van der Waals surface area contributed by atoms with Crippen molar-refractivity contribution in [2.24, 2.45) is 0 Å². The summed E-state index contributed by atoms with van der Waals surface area (Å²) < 4.78 is 0. The van der Waals surface area contributed by atoms with Crippen molar-refractivity contribution in [3.05, 3.63) is 22.7 Å². The summed E-state index contributed by atoms with van der Waals surface area (Å²) in [4.78, 5) is 17.8. The average molecular weight is 325 g/mol. The molecule has 4 N–H and O–H groups in total. The number of carbonyl (C=O) groups is 1. The van der Waals surface area contributed by atoms with E-state index in [2.05, 4.69) is 10.3 Å². The number of nitrogens with one attached hydrogen (secondary N) is 1. The average Bonchev–Trinajstić information content (AvgIpc) is 2.81. The Bertz CT molecular complexity index is 628. The molecule has 0 aliphatic rings. The third-order valence-corrected chi connectivity index (χ3v) is 5.20. The first-order chi connectivity index (χ1) is 10.1. The van der Waals surface area contributed by atoms with Crippen LogP contribution in [0.4, 0.5) is 5.69 Å². The molecule has 0 spiro atoms. The lowest BCUT2D eigenvalue weighted by atomic mass is 10.2. The zero-order valence-corrected chi connectivity index (χ0v) is 13.5. The first-order valence-corrected chi connectivity index (χ1v) is 8.72. The summed E-state index contributed by atoms with van der Waals surface area (Å²) in [6.45, 7) is 2.77. The molecule has 2 aromatic heterocycles. The van der Waals surface area contributed by atoms with Gasteiger partial charge in [-0.3, -0.25) is 4.79 Å². The number of anilines is 1. The molecular formula is C14H19N3O2S2. The number of aliphatic hydroxyl groups is 1. The lowest BCUT2D eigenvalue weighted by molar-refractivity contribution is 0.0961. The highest BCUT2D eigenvalue weighted by molar-refractivity contribution is 7.99. The van der Waals surface area contributed by atoms with Crippen molar-refractivity contribution in [3.63, 3.8) is 0 Å². The fraction of sp³-hybridized carbons (Fsp3) is 0.429. The van der Waals surface area contributed by atoms with E-state index in [4.69, 9.17) is 10.8 Å². The first kappa shape index (κ1) is 16.1. The van der Waals surface area contributed by atoms with Gasteiger partial charge in [-0.25, -0.2) is 4.98 Å². The Kier molecular flexibility index (Phi) is 5.84. The quantitative estimate of drug-likeness (QED) is 0.678. The standard InChI is InChI=1S/C14H19N3O2S2/c1-9-3-4-17-14-10(9)11(15)12(21-14)13(19)16-5-8-20-7-2-6-18/h3-4,18H,2,5-8,15H2,1H3,(H,16,19). The third kappa shape index (κ3) is 3.87. The van der Waals surface area contributed by atoms with Crippen LogP contribution >= 0.6 is 23.1 Å². The summed E-state index contributed by atoms with van der Waals surface area (Å²) in [6.07, 6.45) is 2.51. The Balaban J connectivity index is 1.97. The topological polar surface area (TPSA) is 88.2 Å². The monoisotopic (exact) mass is 325 g/mol. The zero-order chi connectivity index (χ0) is 15.2. The number of hydrogen-bond acceptors (Lipinski definition) is 6. The molecule has 0 bridgehead atoms. The van der Waals surface area contributed by atoms with Crippen molar-refractivity contribution in [2.75, 3.05) is 30.4 Å². The van der Waals surface area contributed by atoms with Crippen LogP contribution < -0.4 is 11.1 Å². The maximum absolute atomic E-state index is 12.2. The third-order valence-electron chi connectivity index (χ3n) is 3.02. The fourth-order valence-electron chi connectivity index (χ4n) is 1.96. The molecule has 2 aromatic rings. The molecule has 0 fully saturated rings. The number of carbonyl (C=O) groups excluding carboxylic acids is 1. The highest BCUT2D eigenvalue weighted by atomic mass is 32.2. The minimum Gasteiger partial charge on any atom is -0.397 e. The number of thioether (sulfide) groups is 1. The second kappa shape index (κ2) is 7.63. The summed E-state index contributed by atoms with van der Waals surface area (Å²) in [7, 11) is 0. The molecule has 0 aliphatic carbocycles. The normalized spacial score (nSPS) is 11.0. The molecule has 0 saturated heterocycles. The van der Waals surface area contributed by atoms with Crippen LogP contribution in [-0.4, -0.2) is 40.7 Å². The van der Waals surface area contributed by atoms with Crippen LogP contribution in [0.3, 0.4) is 0 Å². The molecule has 2 rings (SSSR count). The van der Waals surface area contributed by atoms with Crippen LogP contribution in [0.5, 0.6) is 0 Å². The van der Waals surface area contributed by atoms with E-state index in [1.165, 1.54) is 11.3 Å². The molecule has 0 aromatic carbocycles. The van der Waals surface area contributed by atoms with Gasteiger partial charge in [0.15, 0.2) is 0 Å². The van der Waals surface area contributed by atoms with Gasteiger partial charge < -0.3 is 16.2 Å². The van der Waals surface area contributed by atoms with Crippen LogP contribution in [0.15, 0.2) is 12.3 Å². The SMILES string of the molecule is Cc1ccnc2sc(C(=O)NCCSCCCO)c(N)c12. The molecule has 21 heavy (non-hydrogen) atoms. The van der Waals surface area contributed by atoms with Gasteiger partial charge in [0.05, 0.1) is 5.69 Å². The molecule has 114 valence electrons. The minimum atomic E-state index is -0.141. The van der Waals surface area contributed by atoms with Gasteiger partial charge in [-0.2, -0.15) is 11.8 Å². The van der Waals surface area contributed by atoms with E-state index in [-0.39, 0.29) is 12.5 Å². The molecule has 5 nitrogen and oxygen atoms in total. The maximum Gasteiger partial charge on any atom is 0.263 e. The Morgan fingerprint density at radius 2 is 2.33 bits per heavy atom. The summed E-state index contributed by atoms with van der Waals surface area (Å²) in [5.41, 5.74) is 7.64. The number of pyridine rings is 1. The molecule has 2 heterocycles. The molecular weight excluding hydrogens is 306 g/mol. The van der Waals surface area contributed by atoms with Gasteiger partial charge in [-0.05, 0) is 30.7 Å². The Morgan fingerprint density at radius 3 is 3.05 bits per heavy atom. The number of aromatic nitrogens is 1. The van der Waals surface area contributed by atoms with Crippen molar-refractivity contribution < 1.29 is 9.90 Å². The Labute approximate surface area is 131 Å². The molecule has 1 amide bonds. The van der Waals surface area contributed by atoms with E-state index in [0.717, 1.165) is 33.7 Å². The van der Waals surface area contributed by atoms with E-state index >= 15 is 0 Å². The number of thiophene rings is 1. The summed E-state index contributed by atoms with van der Waals surface area (Å²) >= 11 is 3.04. The number of hydrogen-bond donors (Lipinski definition) is 3. The highest BCUT2D eigenvalue weighted by Crippen LogP contribution is 2.34. The van der Waals surface area contributed by atoms with E-state index in [0.29, 0.717) is 17.1 Å². The number of rotatable bonds is 7. The Morgan fingerprint density at radius 1 is 1.52 bits per heavy atom. The number of amides is 1. The van der Waals surface area contributed by atoms with Gasteiger partial charge in [0.2, 0.25) is 0 Å². The lowest BCUT2D eigenvalue weighted by Crippen LogP contribution is -2.25. The van der Waals surface area contributed by atoms with Crippen LogP contribution in [-0.2, 0) is 0 Å². The molecule has 0 saturated carbocycles. The molecule has 7 heteroatoms. The summed E-state index contributed by atoms with van der Waals surface area (Å²) in [6, 6.07) is 1.89. The fourth-order valence-corrected chi connectivity index (χ4v) is 3.80. The van der Waals surface area contributed by atoms with Gasteiger partial charge >= 0.3 is 0 Å². The zero-order valence-electron chi connectivity index (χ0n) is 11.9. The number of aliphatic hydroxyl groups excluding tert-OH is 1. The number of nitrogens with zero attached hydrogens (tertiary/aromatic N) is 1. The second-order valence-corrected chi connectivity index (χ2v) is 6.82. The van der Waals surface area contributed by atoms with Crippen molar-refractivity contribution in [1.82, 2.24) is 10.3 Å². The number of aryl methyl sites for hydroxylation is 1. The van der Waals surface area contributed by atoms with Crippen molar-refractivity contribution in [1.29, 1.82) is 0 Å². The predicted octanol–water partition coefficient (Wildman–Crippen LogP) is 2.03. The molecule has 0 atom stereocenters. The van der Waals surface area contributed by atoms with Gasteiger partial charge in [0.1, 0.15) is 9.71 Å².